The fourth-order valence-electron chi connectivity index (χ4n) is 2.43. The Hall–Kier alpha value is -1.42. The monoisotopic (exact) mass is 246 g/mol. The summed E-state index contributed by atoms with van der Waals surface area (Å²) >= 11 is 0. The molecule has 0 aliphatic heterocycles. The molecule has 0 saturated heterocycles. The van der Waals surface area contributed by atoms with Crippen LogP contribution in [0.1, 0.15) is 44.9 Å². The molecule has 4 heteroatoms. The number of aromatic nitrogens is 3. The van der Waals surface area contributed by atoms with E-state index in [9.17, 15) is 0 Å². The number of aryl methyl sites for hydroxylation is 1. The van der Waals surface area contributed by atoms with Gasteiger partial charge in [-0.1, -0.05) is 20.3 Å². The zero-order valence-electron chi connectivity index (χ0n) is 11.3. The first-order chi connectivity index (χ1) is 8.81. The Labute approximate surface area is 108 Å². The number of imidazole rings is 1. The smallest absolute Gasteiger partial charge is 0.159 e. The third-order valence-corrected chi connectivity index (χ3v) is 3.27. The molecular formula is C14H22N4. The summed E-state index contributed by atoms with van der Waals surface area (Å²) in [7, 11) is 0. The minimum atomic E-state index is 0.343. The number of pyridine rings is 1. The van der Waals surface area contributed by atoms with Gasteiger partial charge < -0.3 is 10.3 Å². The predicted octanol–water partition coefficient (Wildman–Crippen LogP) is 2.68. The van der Waals surface area contributed by atoms with E-state index in [4.69, 9.17) is 10.7 Å². The highest BCUT2D eigenvalue weighted by Gasteiger charge is 2.18. The van der Waals surface area contributed by atoms with Crippen molar-refractivity contribution in [3.05, 3.63) is 24.2 Å². The minimum absolute atomic E-state index is 0.343. The quantitative estimate of drug-likeness (QED) is 0.852. The van der Waals surface area contributed by atoms with E-state index >= 15 is 0 Å². The van der Waals surface area contributed by atoms with E-state index in [0.29, 0.717) is 12.5 Å². The van der Waals surface area contributed by atoms with Crippen molar-refractivity contribution in [1.82, 2.24) is 14.5 Å². The molecule has 2 rings (SSSR count). The topological polar surface area (TPSA) is 56.7 Å². The van der Waals surface area contributed by atoms with Gasteiger partial charge in [-0.15, -0.1) is 0 Å². The van der Waals surface area contributed by atoms with Gasteiger partial charge in [-0.05, 0) is 25.0 Å². The Balaban J connectivity index is 2.50. The third-order valence-electron chi connectivity index (χ3n) is 3.27. The van der Waals surface area contributed by atoms with E-state index in [2.05, 4.69) is 23.4 Å². The van der Waals surface area contributed by atoms with Gasteiger partial charge in [-0.3, -0.25) is 0 Å². The Morgan fingerprint density at radius 1 is 1.33 bits per heavy atom. The van der Waals surface area contributed by atoms with E-state index in [1.54, 1.807) is 0 Å². The second-order valence-corrected chi connectivity index (χ2v) is 4.69. The lowest BCUT2D eigenvalue weighted by atomic mass is 10.0. The van der Waals surface area contributed by atoms with Crippen LogP contribution in [0.5, 0.6) is 0 Å². The fraction of sp³-hybridized carbons (Fsp3) is 0.571. The molecule has 0 saturated carbocycles. The minimum Gasteiger partial charge on any atom is -0.330 e. The van der Waals surface area contributed by atoms with Crippen molar-refractivity contribution in [2.75, 3.05) is 6.54 Å². The first-order valence-corrected chi connectivity index (χ1v) is 6.83. The van der Waals surface area contributed by atoms with Crippen LogP contribution in [0.2, 0.25) is 0 Å². The standard InChI is InChI=1S/C14H22N4/c1-3-6-11(10-15)13-17-12-7-5-8-16-14(12)18(13)9-4-2/h5,7-8,11H,3-4,6,9-10,15H2,1-2H3. The summed E-state index contributed by atoms with van der Waals surface area (Å²) < 4.78 is 2.24. The lowest BCUT2D eigenvalue weighted by Crippen LogP contribution is -2.17. The van der Waals surface area contributed by atoms with Gasteiger partial charge in [0.25, 0.3) is 0 Å². The van der Waals surface area contributed by atoms with Gasteiger partial charge in [0.15, 0.2) is 5.65 Å². The molecule has 1 atom stereocenters. The van der Waals surface area contributed by atoms with Gasteiger partial charge in [-0.25, -0.2) is 9.97 Å². The maximum atomic E-state index is 5.90. The van der Waals surface area contributed by atoms with Gasteiger partial charge in [0.05, 0.1) is 0 Å². The van der Waals surface area contributed by atoms with E-state index < -0.39 is 0 Å². The second kappa shape index (κ2) is 5.96. The van der Waals surface area contributed by atoms with Crippen LogP contribution in [-0.4, -0.2) is 21.1 Å². The predicted molar refractivity (Wildman–Crippen MR) is 74.5 cm³/mol. The molecule has 0 aromatic carbocycles. The van der Waals surface area contributed by atoms with Crippen molar-refractivity contribution in [2.45, 2.75) is 45.6 Å². The number of hydrogen-bond acceptors (Lipinski definition) is 3. The summed E-state index contributed by atoms with van der Waals surface area (Å²) in [6.07, 6.45) is 5.13. The molecule has 0 amide bonds. The highest BCUT2D eigenvalue weighted by atomic mass is 15.1. The molecule has 2 heterocycles. The Morgan fingerprint density at radius 2 is 2.17 bits per heavy atom. The maximum absolute atomic E-state index is 5.90. The molecule has 18 heavy (non-hydrogen) atoms. The Kier molecular flexibility index (Phi) is 4.31. The van der Waals surface area contributed by atoms with Crippen molar-refractivity contribution >= 4 is 11.2 Å². The maximum Gasteiger partial charge on any atom is 0.159 e. The normalized spacial score (nSPS) is 13.1. The molecule has 0 aliphatic rings. The second-order valence-electron chi connectivity index (χ2n) is 4.69. The van der Waals surface area contributed by atoms with E-state index in [-0.39, 0.29) is 0 Å². The Bertz CT molecular complexity index is 503. The first-order valence-electron chi connectivity index (χ1n) is 6.83. The highest BCUT2D eigenvalue weighted by molar-refractivity contribution is 5.71. The molecule has 98 valence electrons. The summed E-state index contributed by atoms with van der Waals surface area (Å²) in [5.74, 6) is 1.45. The summed E-state index contributed by atoms with van der Waals surface area (Å²) in [5.41, 5.74) is 7.88. The van der Waals surface area contributed by atoms with Gasteiger partial charge in [0, 0.05) is 25.2 Å². The first kappa shape index (κ1) is 13.0. The summed E-state index contributed by atoms with van der Waals surface area (Å²) in [4.78, 5) is 9.20. The Morgan fingerprint density at radius 3 is 2.83 bits per heavy atom. The van der Waals surface area contributed by atoms with Crippen molar-refractivity contribution in [1.29, 1.82) is 0 Å². The van der Waals surface area contributed by atoms with Crippen LogP contribution in [0, 0.1) is 0 Å². The molecule has 0 aliphatic carbocycles. The molecule has 2 aromatic rings. The average Bonchev–Trinajstić information content (AvgIpc) is 2.76. The van der Waals surface area contributed by atoms with Crippen LogP contribution in [0.15, 0.2) is 18.3 Å². The zero-order chi connectivity index (χ0) is 13.0. The van der Waals surface area contributed by atoms with Gasteiger partial charge >= 0.3 is 0 Å². The molecule has 1 unspecified atom stereocenters. The molecule has 0 bridgehead atoms. The van der Waals surface area contributed by atoms with Crippen LogP contribution < -0.4 is 5.73 Å². The number of hydrogen-bond donors (Lipinski definition) is 1. The SMILES string of the molecule is CCCC(CN)c1nc2cccnc2n1CCC. The molecule has 2 aromatic heterocycles. The van der Waals surface area contributed by atoms with Crippen LogP contribution in [0.4, 0.5) is 0 Å². The van der Waals surface area contributed by atoms with Crippen LogP contribution in [-0.2, 0) is 6.54 Å². The molecular weight excluding hydrogens is 224 g/mol. The lowest BCUT2D eigenvalue weighted by molar-refractivity contribution is 0.542. The van der Waals surface area contributed by atoms with Crippen molar-refractivity contribution in [3.63, 3.8) is 0 Å². The largest absolute Gasteiger partial charge is 0.330 e. The average molecular weight is 246 g/mol. The summed E-state index contributed by atoms with van der Waals surface area (Å²) in [6, 6.07) is 3.96. The number of fused-ring (bicyclic) bond motifs is 1. The fourth-order valence-corrected chi connectivity index (χ4v) is 2.43. The number of nitrogens with zero attached hydrogens (tertiary/aromatic N) is 3. The highest BCUT2D eigenvalue weighted by Crippen LogP contribution is 2.24. The number of rotatable bonds is 6. The third kappa shape index (κ3) is 2.38. The molecule has 4 nitrogen and oxygen atoms in total. The van der Waals surface area contributed by atoms with Gasteiger partial charge in [0.1, 0.15) is 11.3 Å². The van der Waals surface area contributed by atoms with E-state index in [1.165, 1.54) is 0 Å². The van der Waals surface area contributed by atoms with Crippen molar-refractivity contribution in [2.24, 2.45) is 5.73 Å². The van der Waals surface area contributed by atoms with Gasteiger partial charge in [-0.2, -0.15) is 0 Å². The molecule has 0 spiro atoms. The van der Waals surface area contributed by atoms with Crippen LogP contribution >= 0.6 is 0 Å². The summed E-state index contributed by atoms with van der Waals surface area (Å²) in [6.45, 7) is 5.98. The zero-order valence-corrected chi connectivity index (χ0v) is 11.3. The van der Waals surface area contributed by atoms with Gasteiger partial charge in [0.2, 0.25) is 0 Å². The van der Waals surface area contributed by atoms with Crippen LogP contribution in [0.3, 0.4) is 0 Å². The van der Waals surface area contributed by atoms with Crippen LogP contribution in [0.25, 0.3) is 11.2 Å². The number of nitrogens with two attached hydrogens (primary N) is 1. The van der Waals surface area contributed by atoms with Crippen molar-refractivity contribution in [3.8, 4) is 0 Å². The molecule has 0 fully saturated rings. The molecule has 0 radical (unpaired) electrons. The van der Waals surface area contributed by atoms with E-state index in [0.717, 1.165) is 42.8 Å². The molecule has 2 N–H and O–H groups in total. The summed E-state index contributed by atoms with van der Waals surface area (Å²) in [5, 5.41) is 0. The van der Waals surface area contributed by atoms with Crippen molar-refractivity contribution < 1.29 is 0 Å². The van der Waals surface area contributed by atoms with E-state index in [1.807, 2.05) is 18.3 Å². The lowest BCUT2D eigenvalue weighted by Gasteiger charge is -2.15.